The third kappa shape index (κ3) is 3.51. The fourth-order valence-electron chi connectivity index (χ4n) is 2.89. The Morgan fingerprint density at radius 1 is 1.17 bits per heavy atom. The summed E-state index contributed by atoms with van der Waals surface area (Å²) in [7, 11) is 0. The number of benzene rings is 1. The quantitative estimate of drug-likeness (QED) is 0.868. The molecule has 1 atom stereocenters. The van der Waals surface area contributed by atoms with E-state index in [1.54, 1.807) is 12.4 Å². The average Bonchev–Trinajstić information content (AvgIpc) is 2.62. The molecule has 1 aliphatic rings. The topological polar surface area (TPSA) is 49.3 Å². The Morgan fingerprint density at radius 2 is 1.91 bits per heavy atom. The van der Waals surface area contributed by atoms with Crippen molar-refractivity contribution in [2.75, 3.05) is 26.2 Å². The maximum Gasteiger partial charge on any atom is 0.274 e. The largest absolute Gasteiger partial charge is 0.335 e. The van der Waals surface area contributed by atoms with Crippen LogP contribution in [0.1, 0.15) is 29.0 Å². The highest BCUT2D eigenvalue weighted by molar-refractivity contribution is 6.31. The summed E-state index contributed by atoms with van der Waals surface area (Å²) in [5.74, 6) is -0.0526. The summed E-state index contributed by atoms with van der Waals surface area (Å²) < 4.78 is 0. The molecule has 1 amide bonds. The van der Waals surface area contributed by atoms with Crippen molar-refractivity contribution in [1.82, 2.24) is 19.8 Å². The zero-order chi connectivity index (χ0) is 16.2. The Kier molecular flexibility index (Phi) is 4.88. The van der Waals surface area contributed by atoms with Crippen molar-refractivity contribution in [3.63, 3.8) is 0 Å². The molecule has 0 saturated carbocycles. The van der Waals surface area contributed by atoms with Gasteiger partial charge in [-0.2, -0.15) is 0 Å². The molecule has 0 spiro atoms. The van der Waals surface area contributed by atoms with E-state index in [-0.39, 0.29) is 11.9 Å². The van der Waals surface area contributed by atoms with E-state index in [1.807, 2.05) is 23.1 Å². The normalized spacial score (nSPS) is 17.0. The number of carbonyl (C=O) groups is 1. The molecule has 1 saturated heterocycles. The molecule has 2 aromatic rings. The van der Waals surface area contributed by atoms with E-state index in [0.717, 1.165) is 23.7 Å². The van der Waals surface area contributed by atoms with Crippen molar-refractivity contribution >= 4 is 17.5 Å². The molecule has 1 aromatic heterocycles. The Labute approximate surface area is 140 Å². The van der Waals surface area contributed by atoms with Crippen LogP contribution in [0.2, 0.25) is 5.02 Å². The molecular weight excluding hydrogens is 312 g/mol. The first-order valence-electron chi connectivity index (χ1n) is 7.70. The van der Waals surface area contributed by atoms with Crippen molar-refractivity contribution in [2.24, 2.45) is 0 Å². The summed E-state index contributed by atoms with van der Waals surface area (Å²) in [6, 6.07) is 8.16. The van der Waals surface area contributed by atoms with Gasteiger partial charge in [-0.3, -0.25) is 14.7 Å². The Hall–Kier alpha value is -1.98. The van der Waals surface area contributed by atoms with Gasteiger partial charge in [-0.25, -0.2) is 4.98 Å². The summed E-state index contributed by atoms with van der Waals surface area (Å²) in [6.45, 7) is 5.16. The van der Waals surface area contributed by atoms with Crippen molar-refractivity contribution in [1.29, 1.82) is 0 Å². The Bertz CT molecular complexity index is 671. The Balaban J connectivity index is 1.62. The fourth-order valence-corrected chi connectivity index (χ4v) is 3.19. The van der Waals surface area contributed by atoms with E-state index in [1.165, 1.54) is 6.20 Å². The minimum atomic E-state index is -0.0526. The second-order valence-electron chi connectivity index (χ2n) is 5.62. The number of rotatable bonds is 3. The highest BCUT2D eigenvalue weighted by atomic mass is 35.5. The number of piperazine rings is 1. The lowest BCUT2D eigenvalue weighted by Crippen LogP contribution is -2.49. The molecule has 5 nitrogen and oxygen atoms in total. The van der Waals surface area contributed by atoms with Crippen LogP contribution in [0.25, 0.3) is 0 Å². The second-order valence-corrected chi connectivity index (χ2v) is 6.02. The molecule has 1 fully saturated rings. The number of halogens is 1. The standard InChI is InChI=1S/C17H19ClN4O/c1-13(14-4-2-3-5-15(14)18)21-8-10-22(11-9-21)17(23)16-12-19-6-7-20-16/h2-7,12-13H,8-11H2,1H3. The fraction of sp³-hybridized carbons (Fsp3) is 0.353. The van der Waals surface area contributed by atoms with Crippen molar-refractivity contribution in [2.45, 2.75) is 13.0 Å². The van der Waals surface area contributed by atoms with Gasteiger partial charge in [0.25, 0.3) is 5.91 Å². The molecule has 23 heavy (non-hydrogen) atoms. The lowest BCUT2D eigenvalue weighted by molar-refractivity contribution is 0.0576. The molecule has 120 valence electrons. The van der Waals surface area contributed by atoms with Crippen LogP contribution in [0.3, 0.4) is 0 Å². The van der Waals surface area contributed by atoms with Gasteiger partial charge in [-0.15, -0.1) is 0 Å². The van der Waals surface area contributed by atoms with E-state index < -0.39 is 0 Å². The number of nitrogens with zero attached hydrogens (tertiary/aromatic N) is 4. The maximum atomic E-state index is 12.4. The monoisotopic (exact) mass is 330 g/mol. The number of hydrogen-bond donors (Lipinski definition) is 0. The van der Waals surface area contributed by atoms with Gasteiger partial charge >= 0.3 is 0 Å². The van der Waals surface area contributed by atoms with Crippen molar-refractivity contribution in [3.8, 4) is 0 Å². The summed E-state index contributed by atoms with van der Waals surface area (Å²) in [5.41, 5.74) is 1.53. The zero-order valence-electron chi connectivity index (χ0n) is 13.0. The van der Waals surface area contributed by atoms with Gasteiger partial charge < -0.3 is 4.90 Å². The molecule has 1 aliphatic heterocycles. The Morgan fingerprint density at radius 3 is 2.57 bits per heavy atom. The minimum absolute atomic E-state index is 0.0526. The lowest BCUT2D eigenvalue weighted by Gasteiger charge is -2.38. The summed E-state index contributed by atoms with van der Waals surface area (Å²) >= 11 is 6.29. The van der Waals surface area contributed by atoms with Crippen LogP contribution in [0.15, 0.2) is 42.9 Å². The van der Waals surface area contributed by atoms with Crippen LogP contribution in [0.4, 0.5) is 0 Å². The van der Waals surface area contributed by atoms with Gasteiger partial charge in [0.2, 0.25) is 0 Å². The summed E-state index contributed by atoms with van der Waals surface area (Å²) in [5, 5.41) is 0.790. The van der Waals surface area contributed by atoms with Crippen LogP contribution in [-0.4, -0.2) is 51.9 Å². The van der Waals surface area contributed by atoms with E-state index in [0.29, 0.717) is 18.8 Å². The van der Waals surface area contributed by atoms with Crippen LogP contribution in [0.5, 0.6) is 0 Å². The smallest absolute Gasteiger partial charge is 0.274 e. The predicted octanol–water partition coefficient (Wildman–Crippen LogP) is 2.65. The third-order valence-corrected chi connectivity index (χ3v) is 4.63. The van der Waals surface area contributed by atoms with Gasteiger partial charge in [-0.05, 0) is 18.6 Å². The number of hydrogen-bond acceptors (Lipinski definition) is 4. The molecule has 2 heterocycles. The molecule has 0 bridgehead atoms. The van der Waals surface area contributed by atoms with Crippen LogP contribution in [0, 0.1) is 0 Å². The van der Waals surface area contributed by atoms with Gasteiger partial charge in [0.15, 0.2) is 0 Å². The average molecular weight is 331 g/mol. The SMILES string of the molecule is CC(c1ccccc1Cl)N1CCN(C(=O)c2cnccn2)CC1. The molecular formula is C17H19ClN4O. The predicted molar refractivity (Wildman–Crippen MR) is 89.4 cm³/mol. The van der Waals surface area contributed by atoms with E-state index in [9.17, 15) is 4.79 Å². The van der Waals surface area contributed by atoms with Gasteiger partial charge in [0, 0.05) is 49.6 Å². The van der Waals surface area contributed by atoms with E-state index >= 15 is 0 Å². The highest BCUT2D eigenvalue weighted by Crippen LogP contribution is 2.27. The number of amides is 1. The molecule has 6 heteroatoms. The molecule has 0 N–H and O–H groups in total. The third-order valence-electron chi connectivity index (χ3n) is 4.29. The minimum Gasteiger partial charge on any atom is -0.335 e. The zero-order valence-corrected chi connectivity index (χ0v) is 13.8. The van der Waals surface area contributed by atoms with Crippen LogP contribution in [-0.2, 0) is 0 Å². The lowest BCUT2D eigenvalue weighted by atomic mass is 10.1. The van der Waals surface area contributed by atoms with Gasteiger partial charge in [-0.1, -0.05) is 29.8 Å². The van der Waals surface area contributed by atoms with Crippen LogP contribution < -0.4 is 0 Å². The summed E-state index contributed by atoms with van der Waals surface area (Å²) in [4.78, 5) is 24.6. The first-order valence-corrected chi connectivity index (χ1v) is 8.08. The molecule has 1 aromatic carbocycles. The van der Waals surface area contributed by atoms with Gasteiger partial charge in [0.1, 0.15) is 5.69 Å². The second kappa shape index (κ2) is 7.06. The van der Waals surface area contributed by atoms with E-state index in [2.05, 4.69) is 27.9 Å². The number of aromatic nitrogens is 2. The van der Waals surface area contributed by atoms with E-state index in [4.69, 9.17) is 11.6 Å². The maximum absolute atomic E-state index is 12.4. The molecule has 3 rings (SSSR count). The summed E-state index contributed by atoms with van der Waals surface area (Å²) in [6.07, 6.45) is 4.63. The highest BCUT2D eigenvalue weighted by Gasteiger charge is 2.26. The van der Waals surface area contributed by atoms with Gasteiger partial charge in [0.05, 0.1) is 6.20 Å². The first kappa shape index (κ1) is 15.9. The van der Waals surface area contributed by atoms with Crippen molar-refractivity contribution in [3.05, 3.63) is 59.1 Å². The number of carbonyl (C=O) groups excluding carboxylic acids is 1. The van der Waals surface area contributed by atoms with Crippen LogP contribution >= 0.6 is 11.6 Å². The molecule has 1 unspecified atom stereocenters. The van der Waals surface area contributed by atoms with Crippen molar-refractivity contribution < 1.29 is 4.79 Å². The molecule has 0 radical (unpaired) electrons. The molecule has 0 aliphatic carbocycles. The first-order chi connectivity index (χ1) is 11.2.